The van der Waals surface area contributed by atoms with Crippen LogP contribution in [-0.2, 0) is 0 Å². The van der Waals surface area contributed by atoms with E-state index < -0.39 is 6.10 Å². The normalized spacial score (nSPS) is 12.6. The molecule has 20 heavy (non-hydrogen) atoms. The predicted molar refractivity (Wildman–Crippen MR) is 85.7 cm³/mol. The van der Waals surface area contributed by atoms with Gasteiger partial charge in [0, 0.05) is 10.0 Å². The molecule has 2 aromatic rings. The van der Waals surface area contributed by atoms with Gasteiger partial charge in [-0.15, -0.1) is 0 Å². The third-order valence-corrected chi connectivity index (χ3v) is 3.36. The quantitative estimate of drug-likeness (QED) is 0.867. The highest BCUT2D eigenvalue weighted by molar-refractivity contribution is 9.10. The molecule has 2 nitrogen and oxygen atoms in total. The van der Waals surface area contributed by atoms with E-state index in [0.29, 0.717) is 12.4 Å². The van der Waals surface area contributed by atoms with Crippen LogP contribution in [0.4, 0.5) is 0 Å². The first-order valence-electron chi connectivity index (χ1n) is 6.48. The van der Waals surface area contributed by atoms with Crippen molar-refractivity contribution in [2.75, 3.05) is 6.61 Å². The molecule has 0 aliphatic heterocycles. The van der Waals surface area contributed by atoms with E-state index in [9.17, 15) is 5.11 Å². The zero-order valence-corrected chi connectivity index (χ0v) is 12.9. The molecule has 0 amide bonds. The molecule has 0 radical (unpaired) electrons. The Morgan fingerprint density at radius 3 is 2.65 bits per heavy atom. The van der Waals surface area contributed by atoms with Crippen LogP contribution < -0.4 is 4.74 Å². The number of halogens is 1. The van der Waals surface area contributed by atoms with Crippen molar-refractivity contribution in [3.05, 3.63) is 70.2 Å². The van der Waals surface area contributed by atoms with Gasteiger partial charge in [0.25, 0.3) is 0 Å². The van der Waals surface area contributed by atoms with Crippen molar-refractivity contribution in [3.8, 4) is 5.75 Å². The summed E-state index contributed by atoms with van der Waals surface area (Å²) in [7, 11) is 0. The topological polar surface area (TPSA) is 29.5 Å². The van der Waals surface area contributed by atoms with Crippen LogP contribution in [0.5, 0.6) is 5.75 Å². The minimum absolute atomic E-state index is 0.463. The Kier molecular flexibility index (Phi) is 5.39. The summed E-state index contributed by atoms with van der Waals surface area (Å²) in [5.41, 5.74) is 1.93. The summed E-state index contributed by atoms with van der Waals surface area (Å²) in [5.74, 6) is 0.701. The average molecular weight is 333 g/mol. The van der Waals surface area contributed by atoms with Gasteiger partial charge in [0.15, 0.2) is 0 Å². The van der Waals surface area contributed by atoms with Crippen molar-refractivity contribution in [3.63, 3.8) is 0 Å². The van der Waals surface area contributed by atoms with Crippen molar-refractivity contribution in [1.82, 2.24) is 0 Å². The van der Waals surface area contributed by atoms with Gasteiger partial charge in [-0.1, -0.05) is 58.4 Å². The minimum Gasteiger partial charge on any atom is -0.489 e. The van der Waals surface area contributed by atoms with E-state index in [4.69, 9.17) is 4.74 Å². The summed E-state index contributed by atoms with van der Waals surface area (Å²) in [6.45, 7) is 2.20. The van der Waals surface area contributed by atoms with Gasteiger partial charge >= 0.3 is 0 Å². The molecular formula is C17H17BrO2. The van der Waals surface area contributed by atoms with Gasteiger partial charge < -0.3 is 9.84 Å². The first kappa shape index (κ1) is 14.8. The van der Waals surface area contributed by atoms with Crippen molar-refractivity contribution in [2.45, 2.75) is 13.0 Å². The molecular weight excluding hydrogens is 316 g/mol. The summed E-state index contributed by atoms with van der Waals surface area (Å²) in [4.78, 5) is 0. The van der Waals surface area contributed by atoms with Gasteiger partial charge in [-0.05, 0) is 30.7 Å². The third-order valence-electron chi connectivity index (χ3n) is 2.87. The summed E-state index contributed by atoms with van der Waals surface area (Å²) in [6.07, 6.45) is 3.43. The Morgan fingerprint density at radius 2 is 1.95 bits per heavy atom. The lowest BCUT2D eigenvalue weighted by atomic mass is 10.1. The van der Waals surface area contributed by atoms with Gasteiger partial charge in [0.05, 0.1) is 6.10 Å². The van der Waals surface area contributed by atoms with Crippen LogP contribution in [-0.4, -0.2) is 11.7 Å². The molecule has 2 aromatic carbocycles. The smallest absolute Gasteiger partial charge is 0.126 e. The van der Waals surface area contributed by atoms with Crippen molar-refractivity contribution in [2.24, 2.45) is 0 Å². The molecule has 0 aliphatic carbocycles. The van der Waals surface area contributed by atoms with E-state index in [0.717, 1.165) is 15.6 Å². The highest BCUT2D eigenvalue weighted by atomic mass is 79.9. The van der Waals surface area contributed by atoms with Crippen LogP contribution in [0.15, 0.2) is 59.1 Å². The van der Waals surface area contributed by atoms with Crippen LogP contribution in [0.25, 0.3) is 6.08 Å². The molecule has 0 aromatic heterocycles. The van der Waals surface area contributed by atoms with Crippen LogP contribution in [0.1, 0.15) is 24.2 Å². The third kappa shape index (κ3) is 4.22. The number of benzene rings is 2. The number of aliphatic hydroxyl groups excluding tert-OH is 1. The number of aliphatic hydroxyl groups is 1. The van der Waals surface area contributed by atoms with Crippen LogP contribution in [0.3, 0.4) is 0 Å². The molecule has 2 rings (SSSR count). The number of hydrogen-bond acceptors (Lipinski definition) is 2. The van der Waals surface area contributed by atoms with E-state index >= 15 is 0 Å². The molecule has 3 heteroatoms. The summed E-state index contributed by atoms with van der Waals surface area (Å²) in [6, 6.07) is 15.7. The number of ether oxygens (including phenoxy) is 1. The van der Waals surface area contributed by atoms with Gasteiger partial charge in [0.2, 0.25) is 0 Å². The summed E-state index contributed by atoms with van der Waals surface area (Å²) >= 11 is 3.41. The number of rotatable bonds is 5. The molecule has 0 unspecified atom stereocenters. The second-order valence-electron chi connectivity index (χ2n) is 4.48. The first-order chi connectivity index (χ1) is 9.66. The van der Waals surface area contributed by atoms with Gasteiger partial charge in [-0.25, -0.2) is 0 Å². The molecule has 0 heterocycles. The molecule has 0 saturated carbocycles. The van der Waals surface area contributed by atoms with E-state index in [1.165, 1.54) is 0 Å². The fourth-order valence-corrected chi connectivity index (χ4v) is 2.20. The lowest BCUT2D eigenvalue weighted by Crippen LogP contribution is -2.00. The van der Waals surface area contributed by atoms with Crippen molar-refractivity contribution < 1.29 is 9.84 Å². The molecule has 0 spiro atoms. The summed E-state index contributed by atoms with van der Waals surface area (Å²) < 4.78 is 6.66. The second-order valence-corrected chi connectivity index (χ2v) is 5.40. The van der Waals surface area contributed by atoms with E-state index in [2.05, 4.69) is 15.9 Å². The Bertz CT molecular complexity index is 577. The Balaban J connectivity index is 2.00. The standard InChI is InChI=1S/C17H17BrO2/c1-13(19)16-10-9-15(18)12-17(16)20-11-5-8-14-6-3-2-4-7-14/h2-10,12-13,19H,11H2,1H3/b8-5+/t13-/m0/s1. The van der Waals surface area contributed by atoms with Crippen LogP contribution in [0.2, 0.25) is 0 Å². The molecule has 1 N–H and O–H groups in total. The largest absolute Gasteiger partial charge is 0.489 e. The Labute approximate surface area is 127 Å². The minimum atomic E-state index is -0.545. The monoisotopic (exact) mass is 332 g/mol. The maximum atomic E-state index is 9.72. The van der Waals surface area contributed by atoms with Crippen molar-refractivity contribution in [1.29, 1.82) is 0 Å². The number of hydrogen-bond donors (Lipinski definition) is 1. The lowest BCUT2D eigenvalue weighted by molar-refractivity contribution is 0.193. The van der Waals surface area contributed by atoms with Crippen LogP contribution in [0, 0.1) is 0 Å². The molecule has 104 valence electrons. The van der Waals surface area contributed by atoms with Gasteiger partial charge in [-0.3, -0.25) is 0 Å². The SMILES string of the molecule is C[C@H](O)c1ccc(Br)cc1OC/C=C/c1ccccc1. The molecule has 0 fully saturated rings. The predicted octanol–water partition coefficient (Wildman–Crippen LogP) is 4.59. The van der Waals surface area contributed by atoms with Gasteiger partial charge in [-0.2, -0.15) is 0 Å². The van der Waals surface area contributed by atoms with Gasteiger partial charge in [0.1, 0.15) is 12.4 Å². The first-order valence-corrected chi connectivity index (χ1v) is 7.28. The Morgan fingerprint density at radius 1 is 1.20 bits per heavy atom. The lowest BCUT2D eigenvalue weighted by Gasteiger charge is -2.12. The van der Waals surface area contributed by atoms with E-state index in [-0.39, 0.29) is 0 Å². The van der Waals surface area contributed by atoms with E-state index in [1.807, 2.05) is 60.7 Å². The maximum Gasteiger partial charge on any atom is 0.126 e. The second kappa shape index (κ2) is 7.27. The van der Waals surface area contributed by atoms with Crippen LogP contribution >= 0.6 is 15.9 Å². The van der Waals surface area contributed by atoms with Crippen molar-refractivity contribution >= 4 is 22.0 Å². The zero-order chi connectivity index (χ0) is 14.4. The summed E-state index contributed by atoms with van der Waals surface area (Å²) in [5, 5.41) is 9.72. The average Bonchev–Trinajstić information content (AvgIpc) is 2.44. The zero-order valence-electron chi connectivity index (χ0n) is 11.3. The fourth-order valence-electron chi connectivity index (χ4n) is 1.86. The van der Waals surface area contributed by atoms with E-state index in [1.54, 1.807) is 6.92 Å². The highest BCUT2D eigenvalue weighted by Gasteiger charge is 2.09. The maximum absolute atomic E-state index is 9.72. The fraction of sp³-hybridized carbons (Fsp3) is 0.176. The Hall–Kier alpha value is -1.58. The molecule has 1 atom stereocenters. The molecule has 0 saturated heterocycles. The molecule has 0 bridgehead atoms. The highest BCUT2D eigenvalue weighted by Crippen LogP contribution is 2.28. The molecule has 0 aliphatic rings.